The van der Waals surface area contributed by atoms with Gasteiger partial charge in [0, 0.05) is 6.04 Å². The number of aliphatic carboxylic acids is 1. The van der Waals surface area contributed by atoms with Crippen LogP contribution in [0.25, 0.3) is 0 Å². The lowest BCUT2D eigenvalue weighted by Crippen LogP contribution is -2.47. The summed E-state index contributed by atoms with van der Waals surface area (Å²) in [5.41, 5.74) is 0. The molecule has 0 saturated heterocycles. The first-order valence-electron chi connectivity index (χ1n) is 5.72. The molecule has 4 nitrogen and oxygen atoms in total. The van der Waals surface area contributed by atoms with E-state index in [-0.39, 0.29) is 12.0 Å². The summed E-state index contributed by atoms with van der Waals surface area (Å²) in [6.07, 6.45) is 4.15. The lowest BCUT2D eigenvalue weighted by atomic mass is 9.79. The fourth-order valence-electron chi connectivity index (χ4n) is 1.88. The Balaban J connectivity index is 1.99. The second-order valence-electron chi connectivity index (χ2n) is 4.59. The SMILES string of the molecule is CN(C)CCCCNC1CCC1C(=O)O. The van der Waals surface area contributed by atoms with Gasteiger partial charge in [-0.05, 0) is 52.9 Å². The predicted octanol–water partition coefficient (Wildman–Crippen LogP) is 0.781. The van der Waals surface area contributed by atoms with Crippen LogP contribution >= 0.6 is 0 Å². The van der Waals surface area contributed by atoms with Crippen molar-refractivity contribution in [1.82, 2.24) is 10.2 Å². The first kappa shape index (κ1) is 12.5. The number of carbonyl (C=O) groups is 1. The van der Waals surface area contributed by atoms with Gasteiger partial charge in [0.05, 0.1) is 5.92 Å². The van der Waals surface area contributed by atoms with E-state index in [0.29, 0.717) is 0 Å². The van der Waals surface area contributed by atoms with Gasteiger partial charge >= 0.3 is 5.97 Å². The van der Waals surface area contributed by atoms with Crippen molar-refractivity contribution >= 4 is 5.97 Å². The minimum atomic E-state index is -0.646. The fourth-order valence-corrected chi connectivity index (χ4v) is 1.88. The van der Waals surface area contributed by atoms with Gasteiger partial charge in [-0.2, -0.15) is 0 Å². The second-order valence-corrected chi connectivity index (χ2v) is 4.59. The Hall–Kier alpha value is -0.610. The molecular formula is C11H22N2O2. The maximum Gasteiger partial charge on any atom is 0.308 e. The first-order chi connectivity index (χ1) is 7.11. The van der Waals surface area contributed by atoms with Gasteiger partial charge in [0.1, 0.15) is 0 Å². The highest BCUT2D eigenvalue weighted by molar-refractivity contribution is 5.72. The fraction of sp³-hybridized carbons (Fsp3) is 0.909. The smallest absolute Gasteiger partial charge is 0.308 e. The minimum absolute atomic E-state index is 0.140. The zero-order valence-electron chi connectivity index (χ0n) is 9.70. The number of unbranched alkanes of at least 4 members (excludes halogenated alkanes) is 1. The predicted molar refractivity (Wildman–Crippen MR) is 59.9 cm³/mol. The molecule has 0 aromatic carbocycles. The lowest BCUT2D eigenvalue weighted by molar-refractivity contribution is -0.146. The summed E-state index contributed by atoms with van der Waals surface area (Å²) < 4.78 is 0. The number of nitrogens with one attached hydrogen (secondary N) is 1. The van der Waals surface area contributed by atoms with Gasteiger partial charge in [0.2, 0.25) is 0 Å². The number of hydrogen-bond donors (Lipinski definition) is 2. The summed E-state index contributed by atoms with van der Waals surface area (Å²) in [4.78, 5) is 12.9. The van der Waals surface area contributed by atoms with Crippen LogP contribution in [-0.2, 0) is 4.79 Å². The molecule has 1 saturated carbocycles. The molecule has 0 aromatic rings. The highest BCUT2D eigenvalue weighted by Gasteiger charge is 2.35. The minimum Gasteiger partial charge on any atom is -0.481 e. The third-order valence-corrected chi connectivity index (χ3v) is 3.03. The van der Waals surface area contributed by atoms with Gasteiger partial charge in [0.25, 0.3) is 0 Å². The van der Waals surface area contributed by atoms with Gasteiger partial charge < -0.3 is 15.3 Å². The maximum absolute atomic E-state index is 10.7. The Morgan fingerprint density at radius 2 is 2.13 bits per heavy atom. The van der Waals surface area contributed by atoms with Crippen LogP contribution in [0.3, 0.4) is 0 Å². The summed E-state index contributed by atoms with van der Waals surface area (Å²) >= 11 is 0. The Kier molecular flexibility index (Phi) is 5.05. The van der Waals surface area contributed by atoms with Crippen molar-refractivity contribution < 1.29 is 9.90 Å². The second kappa shape index (κ2) is 6.08. The molecule has 0 amide bonds. The molecule has 2 atom stereocenters. The molecule has 15 heavy (non-hydrogen) atoms. The zero-order chi connectivity index (χ0) is 11.3. The van der Waals surface area contributed by atoms with Crippen molar-refractivity contribution in [2.75, 3.05) is 27.2 Å². The van der Waals surface area contributed by atoms with E-state index in [2.05, 4.69) is 24.3 Å². The van der Waals surface area contributed by atoms with E-state index in [1.165, 1.54) is 6.42 Å². The molecule has 0 spiro atoms. The molecule has 0 radical (unpaired) electrons. The maximum atomic E-state index is 10.7. The molecule has 2 unspecified atom stereocenters. The van der Waals surface area contributed by atoms with E-state index < -0.39 is 5.97 Å². The van der Waals surface area contributed by atoms with E-state index in [4.69, 9.17) is 5.11 Å². The van der Waals surface area contributed by atoms with Crippen molar-refractivity contribution in [3.63, 3.8) is 0 Å². The van der Waals surface area contributed by atoms with Crippen LogP contribution in [0, 0.1) is 5.92 Å². The third-order valence-electron chi connectivity index (χ3n) is 3.03. The topological polar surface area (TPSA) is 52.6 Å². The van der Waals surface area contributed by atoms with Gasteiger partial charge in [-0.1, -0.05) is 0 Å². The number of nitrogens with zero attached hydrogens (tertiary/aromatic N) is 1. The number of carboxylic acids is 1. The van der Waals surface area contributed by atoms with E-state index in [1.54, 1.807) is 0 Å². The van der Waals surface area contributed by atoms with Crippen LogP contribution in [0.1, 0.15) is 25.7 Å². The summed E-state index contributed by atoms with van der Waals surface area (Å²) in [7, 11) is 4.14. The highest BCUT2D eigenvalue weighted by Crippen LogP contribution is 2.27. The molecule has 0 bridgehead atoms. The Bertz CT molecular complexity index is 207. The van der Waals surface area contributed by atoms with Crippen molar-refractivity contribution in [2.24, 2.45) is 5.92 Å². The molecule has 4 heteroatoms. The van der Waals surface area contributed by atoms with E-state index in [9.17, 15) is 4.79 Å². The van der Waals surface area contributed by atoms with E-state index in [1.807, 2.05) is 0 Å². The quantitative estimate of drug-likeness (QED) is 0.615. The molecule has 0 aromatic heterocycles. The number of hydrogen-bond acceptors (Lipinski definition) is 3. The van der Waals surface area contributed by atoms with Crippen molar-refractivity contribution in [3.8, 4) is 0 Å². The normalized spacial score (nSPS) is 25.3. The Morgan fingerprint density at radius 1 is 1.40 bits per heavy atom. The molecule has 1 rings (SSSR count). The van der Waals surface area contributed by atoms with Crippen LogP contribution < -0.4 is 5.32 Å². The summed E-state index contributed by atoms with van der Waals surface area (Å²) in [6, 6.07) is 0.224. The van der Waals surface area contributed by atoms with Gasteiger partial charge in [-0.15, -0.1) is 0 Å². The molecule has 1 aliphatic carbocycles. The number of carboxylic acid groups (broad SMARTS) is 1. The summed E-state index contributed by atoms with van der Waals surface area (Å²) in [6.45, 7) is 2.05. The van der Waals surface area contributed by atoms with Crippen molar-refractivity contribution in [1.29, 1.82) is 0 Å². The monoisotopic (exact) mass is 214 g/mol. The van der Waals surface area contributed by atoms with Crippen LogP contribution in [0.5, 0.6) is 0 Å². The van der Waals surface area contributed by atoms with Crippen LogP contribution in [0.2, 0.25) is 0 Å². The third kappa shape index (κ3) is 4.18. The first-order valence-corrected chi connectivity index (χ1v) is 5.72. The highest BCUT2D eigenvalue weighted by atomic mass is 16.4. The van der Waals surface area contributed by atoms with Crippen LogP contribution in [0.4, 0.5) is 0 Å². The van der Waals surface area contributed by atoms with Crippen molar-refractivity contribution in [2.45, 2.75) is 31.7 Å². The Morgan fingerprint density at radius 3 is 2.60 bits per heavy atom. The molecule has 1 aliphatic rings. The van der Waals surface area contributed by atoms with E-state index >= 15 is 0 Å². The van der Waals surface area contributed by atoms with Crippen LogP contribution in [-0.4, -0.2) is 49.2 Å². The lowest BCUT2D eigenvalue weighted by Gasteiger charge is -2.34. The molecule has 0 aliphatic heterocycles. The average Bonchev–Trinajstić information content (AvgIpc) is 2.07. The Labute approximate surface area is 91.6 Å². The van der Waals surface area contributed by atoms with Gasteiger partial charge in [-0.3, -0.25) is 4.79 Å². The van der Waals surface area contributed by atoms with E-state index in [0.717, 1.165) is 32.4 Å². The standard InChI is InChI=1S/C11H22N2O2/c1-13(2)8-4-3-7-12-10-6-5-9(10)11(14)15/h9-10,12H,3-8H2,1-2H3,(H,14,15). The molecular weight excluding hydrogens is 192 g/mol. The molecule has 0 heterocycles. The largest absolute Gasteiger partial charge is 0.481 e. The number of rotatable bonds is 7. The molecule has 1 fully saturated rings. The van der Waals surface area contributed by atoms with Gasteiger partial charge in [-0.25, -0.2) is 0 Å². The summed E-state index contributed by atoms with van der Waals surface area (Å²) in [5, 5.41) is 12.2. The summed E-state index contributed by atoms with van der Waals surface area (Å²) in [5.74, 6) is -0.786. The molecule has 88 valence electrons. The van der Waals surface area contributed by atoms with Gasteiger partial charge in [0.15, 0.2) is 0 Å². The van der Waals surface area contributed by atoms with Crippen molar-refractivity contribution in [3.05, 3.63) is 0 Å². The van der Waals surface area contributed by atoms with Crippen LogP contribution in [0.15, 0.2) is 0 Å². The zero-order valence-corrected chi connectivity index (χ0v) is 9.70. The average molecular weight is 214 g/mol. The molecule has 2 N–H and O–H groups in total.